The average Bonchev–Trinajstić information content (AvgIpc) is 2.94. The van der Waals surface area contributed by atoms with Crippen LogP contribution in [0.2, 0.25) is 0 Å². The van der Waals surface area contributed by atoms with Gasteiger partial charge in [-0.25, -0.2) is 4.79 Å². The Morgan fingerprint density at radius 1 is 0.973 bits per heavy atom. The second kappa shape index (κ2) is 12.1. The molecule has 0 saturated carbocycles. The van der Waals surface area contributed by atoms with Crippen molar-refractivity contribution >= 4 is 18.0 Å². The number of hydrogen-bond acceptors (Lipinski definition) is 6. The van der Waals surface area contributed by atoms with E-state index in [2.05, 4.69) is 0 Å². The minimum Gasteiger partial charge on any atom is -0.493 e. The van der Waals surface area contributed by atoms with Gasteiger partial charge in [-0.05, 0) is 72.5 Å². The molecule has 1 aliphatic heterocycles. The zero-order valence-corrected chi connectivity index (χ0v) is 21.3. The highest BCUT2D eigenvalue weighted by molar-refractivity contribution is 5.92. The fourth-order valence-electron chi connectivity index (χ4n) is 4.38. The number of benzene rings is 3. The van der Waals surface area contributed by atoms with Crippen LogP contribution in [0.25, 0.3) is 6.08 Å². The van der Waals surface area contributed by atoms with Crippen molar-refractivity contribution in [3.8, 4) is 17.2 Å². The van der Waals surface area contributed by atoms with Crippen molar-refractivity contribution < 1.29 is 28.5 Å². The van der Waals surface area contributed by atoms with E-state index in [0.29, 0.717) is 42.4 Å². The molecule has 7 nitrogen and oxygen atoms in total. The Balaban J connectivity index is 1.59. The average molecular weight is 502 g/mol. The number of methoxy groups -OCH3 is 2. The first-order chi connectivity index (χ1) is 18.0. The number of esters is 1. The third-order valence-electron chi connectivity index (χ3n) is 6.28. The van der Waals surface area contributed by atoms with Gasteiger partial charge in [0.25, 0.3) is 0 Å². The summed E-state index contributed by atoms with van der Waals surface area (Å²) in [5.41, 5.74) is 3.44. The van der Waals surface area contributed by atoms with Gasteiger partial charge in [-0.1, -0.05) is 30.3 Å². The Morgan fingerprint density at radius 3 is 2.35 bits per heavy atom. The van der Waals surface area contributed by atoms with Crippen LogP contribution in [0.3, 0.4) is 0 Å². The second-order valence-electron chi connectivity index (χ2n) is 8.50. The third kappa shape index (κ3) is 6.12. The molecule has 0 spiro atoms. The summed E-state index contributed by atoms with van der Waals surface area (Å²) in [6.07, 6.45) is 4.10. The Bertz CT molecular complexity index is 1250. The molecule has 1 aliphatic rings. The fraction of sp³-hybridized carbons (Fsp3) is 0.267. The number of carbonyl (C=O) groups excluding carboxylic acids is 2. The molecule has 0 fully saturated rings. The van der Waals surface area contributed by atoms with Crippen LogP contribution < -0.4 is 14.2 Å². The number of amides is 1. The summed E-state index contributed by atoms with van der Waals surface area (Å²) in [5, 5.41) is 0. The van der Waals surface area contributed by atoms with Crippen LogP contribution in [0.1, 0.15) is 40.0 Å². The molecule has 37 heavy (non-hydrogen) atoms. The first-order valence-corrected chi connectivity index (χ1v) is 12.2. The quantitative estimate of drug-likeness (QED) is 0.300. The normalized spacial score (nSPS) is 14.7. The van der Waals surface area contributed by atoms with E-state index in [1.54, 1.807) is 51.5 Å². The Hall–Kier alpha value is -4.26. The third-order valence-corrected chi connectivity index (χ3v) is 6.28. The molecule has 3 aromatic rings. The summed E-state index contributed by atoms with van der Waals surface area (Å²) in [4.78, 5) is 27.1. The van der Waals surface area contributed by atoms with Crippen LogP contribution in [0.4, 0.5) is 0 Å². The standard InChI is InChI=1S/C30H31NO6/c1-4-36-30(33)22-11-13-24(14-12-22)37-20-26-25-19-28(35-3)27(34-2)18-23(25)16-17-31(26)29(32)15-10-21-8-6-5-7-9-21/h5-15,18-19,26H,4,16-17,20H2,1-3H3/b15-10+/t26-/m1/s1. The minimum atomic E-state index is -0.377. The summed E-state index contributed by atoms with van der Waals surface area (Å²) in [7, 11) is 3.20. The van der Waals surface area contributed by atoms with Gasteiger partial charge in [-0.2, -0.15) is 0 Å². The van der Waals surface area contributed by atoms with Crippen molar-refractivity contribution in [1.82, 2.24) is 4.90 Å². The molecule has 7 heteroatoms. The van der Waals surface area contributed by atoms with Crippen molar-refractivity contribution in [1.29, 1.82) is 0 Å². The molecular formula is C30H31NO6. The monoisotopic (exact) mass is 501 g/mol. The van der Waals surface area contributed by atoms with Gasteiger partial charge >= 0.3 is 5.97 Å². The molecule has 1 heterocycles. The molecule has 0 aromatic heterocycles. The molecule has 0 N–H and O–H groups in total. The van der Waals surface area contributed by atoms with Crippen LogP contribution >= 0.6 is 0 Å². The van der Waals surface area contributed by atoms with Crippen molar-refractivity contribution in [2.75, 3.05) is 34.0 Å². The van der Waals surface area contributed by atoms with Gasteiger partial charge in [0.15, 0.2) is 11.5 Å². The van der Waals surface area contributed by atoms with Crippen LogP contribution in [0.5, 0.6) is 17.2 Å². The van der Waals surface area contributed by atoms with Gasteiger partial charge in [-0.3, -0.25) is 4.79 Å². The fourth-order valence-corrected chi connectivity index (χ4v) is 4.38. The van der Waals surface area contributed by atoms with E-state index in [9.17, 15) is 9.59 Å². The lowest BCUT2D eigenvalue weighted by Gasteiger charge is -2.37. The van der Waals surface area contributed by atoms with Gasteiger partial charge in [0, 0.05) is 12.6 Å². The summed E-state index contributed by atoms with van der Waals surface area (Å²) in [6.45, 7) is 2.85. The molecule has 1 atom stereocenters. The van der Waals surface area contributed by atoms with E-state index in [0.717, 1.165) is 16.7 Å². The van der Waals surface area contributed by atoms with Crippen LogP contribution in [-0.2, 0) is 16.0 Å². The van der Waals surface area contributed by atoms with Gasteiger partial charge < -0.3 is 23.8 Å². The predicted octanol–water partition coefficient (Wildman–Crippen LogP) is 5.10. The Kier molecular flexibility index (Phi) is 8.46. The van der Waals surface area contributed by atoms with E-state index in [4.69, 9.17) is 18.9 Å². The van der Waals surface area contributed by atoms with E-state index in [-0.39, 0.29) is 24.5 Å². The van der Waals surface area contributed by atoms with Crippen molar-refractivity contribution in [2.24, 2.45) is 0 Å². The van der Waals surface area contributed by atoms with Crippen molar-refractivity contribution in [3.05, 3.63) is 95.1 Å². The number of rotatable bonds is 9. The van der Waals surface area contributed by atoms with Crippen LogP contribution in [0.15, 0.2) is 72.8 Å². The van der Waals surface area contributed by atoms with E-state index >= 15 is 0 Å². The number of carbonyl (C=O) groups is 2. The molecule has 4 rings (SSSR count). The lowest BCUT2D eigenvalue weighted by molar-refractivity contribution is -0.129. The van der Waals surface area contributed by atoms with Crippen LogP contribution in [0, 0.1) is 0 Å². The number of nitrogens with zero attached hydrogens (tertiary/aromatic N) is 1. The van der Waals surface area contributed by atoms with Crippen molar-refractivity contribution in [3.63, 3.8) is 0 Å². The molecule has 0 radical (unpaired) electrons. The molecule has 0 saturated heterocycles. The number of ether oxygens (including phenoxy) is 4. The zero-order chi connectivity index (χ0) is 26.2. The maximum atomic E-state index is 13.3. The molecule has 1 amide bonds. The molecule has 0 aliphatic carbocycles. The summed E-state index contributed by atoms with van der Waals surface area (Å²) >= 11 is 0. The highest BCUT2D eigenvalue weighted by atomic mass is 16.5. The van der Waals surface area contributed by atoms with Crippen molar-refractivity contribution in [2.45, 2.75) is 19.4 Å². The highest BCUT2D eigenvalue weighted by Gasteiger charge is 2.32. The first-order valence-electron chi connectivity index (χ1n) is 12.2. The summed E-state index contributed by atoms with van der Waals surface area (Å²) in [5.74, 6) is 1.36. The van der Waals surface area contributed by atoms with Gasteiger partial charge in [0.2, 0.25) is 5.91 Å². The molecule has 0 unspecified atom stereocenters. The lowest BCUT2D eigenvalue weighted by Crippen LogP contribution is -2.41. The maximum Gasteiger partial charge on any atom is 0.338 e. The largest absolute Gasteiger partial charge is 0.493 e. The van der Waals surface area contributed by atoms with E-state index in [1.807, 2.05) is 53.4 Å². The minimum absolute atomic E-state index is 0.101. The Morgan fingerprint density at radius 2 is 1.68 bits per heavy atom. The van der Waals surface area contributed by atoms with Gasteiger partial charge in [-0.15, -0.1) is 0 Å². The first kappa shape index (κ1) is 25.8. The van der Waals surface area contributed by atoms with E-state index in [1.165, 1.54) is 0 Å². The SMILES string of the molecule is CCOC(=O)c1ccc(OC[C@@H]2c3cc(OC)c(OC)cc3CCN2C(=O)/C=C/c2ccccc2)cc1. The summed E-state index contributed by atoms with van der Waals surface area (Å²) in [6, 6.07) is 20.1. The topological polar surface area (TPSA) is 74.3 Å². The maximum absolute atomic E-state index is 13.3. The molecular weight excluding hydrogens is 470 g/mol. The molecule has 192 valence electrons. The highest BCUT2D eigenvalue weighted by Crippen LogP contribution is 2.38. The second-order valence-corrected chi connectivity index (χ2v) is 8.50. The van der Waals surface area contributed by atoms with Crippen LogP contribution in [-0.4, -0.2) is 50.8 Å². The smallest absolute Gasteiger partial charge is 0.338 e. The Labute approximate surface area is 217 Å². The predicted molar refractivity (Wildman–Crippen MR) is 141 cm³/mol. The number of hydrogen-bond donors (Lipinski definition) is 0. The summed E-state index contributed by atoms with van der Waals surface area (Å²) < 4.78 is 22.2. The van der Waals surface area contributed by atoms with Gasteiger partial charge in [0.1, 0.15) is 12.4 Å². The van der Waals surface area contributed by atoms with E-state index < -0.39 is 0 Å². The lowest BCUT2D eigenvalue weighted by atomic mass is 9.92. The zero-order valence-electron chi connectivity index (χ0n) is 21.3. The number of fused-ring (bicyclic) bond motifs is 1. The molecule has 0 bridgehead atoms. The molecule has 3 aromatic carbocycles. The van der Waals surface area contributed by atoms with Gasteiger partial charge in [0.05, 0.1) is 32.4 Å².